The van der Waals surface area contributed by atoms with Crippen LogP contribution in [0, 0.1) is 0 Å². The maximum Gasteiger partial charge on any atom is 0.417 e. The Morgan fingerprint density at radius 1 is 1.19 bits per heavy atom. The lowest BCUT2D eigenvalue weighted by Crippen LogP contribution is -2.39. The van der Waals surface area contributed by atoms with Crippen molar-refractivity contribution in [3.8, 4) is 0 Å². The van der Waals surface area contributed by atoms with Gasteiger partial charge in [0, 0.05) is 31.0 Å². The fraction of sp³-hybridized carbons (Fsp3) is 0.294. The standard InChI is InChI=1S/C17H15Cl2F3N4O/c18-13-3-2-11(7-14(13)19)24-16(27)25-12-5-6-26(9-12)15-4-1-10(8-23-15)17(20,21)22/h1-4,7-8,12H,5-6,9H2,(H2,24,25,27). The summed E-state index contributed by atoms with van der Waals surface area (Å²) in [6.45, 7) is 1.03. The molecule has 27 heavy (non-hydrogen) atoms. The van der Waals surface area contributed by atoms with Gasteiger partial charge < -0.3 is 15.5 Å². The molecule has 5 nitrogen and oxygen atoms in total. The summed E-state index contributed by atoms with van der Waals surface area (Å²) in [5.41, 5.74) is -0.290. The number of alkyl halides is 3. The SMILES string of the molecule is O=C(Nc1ccc(Cl)c(Cl)c1)NC1CCN(c2ccc(C(F)(F)F)cn2)C1. The predicted molar refractivity (Wildman–Crippen MR) is 98.5 cm³/mol. The zero-order chi connectivity index (χ0) is 19.6. The van der Waals surface area contributed by atoms with Crippen molar-refractivity contribution in [2.24, 2.45) is 0 Å². The van der Waals surface area contributed by atoms with Gasteiger partial charge >= 0.3 is 12.2 Å². The summed E-state index contributed by atoms with van der Waals surface area (Å²) in [6, 6.07) is 6.52. The minimum absolute atomic E-state index is 0.156. The second-order valence-electron chi connectivity index (χ2n) is 6.06. The maximum atomic E-state index is 12.6. The Kier molecular flexibility index (Phi) is 5.67. The van der Waals surface area contributed by atoms with Gasteiger partial charge in [0.05, 0.1) is 15.6 Å². The number of nitrogens with zero attached hydrogens (tertiary/aromatic N) is 2. The highest BCUT2D eigenvalue weighted by atomic mass is 35.5. The average Bonchev–Trinajstić information content (AvgIpc) is 3.06. The van der Waals surface area contributed by atoms with Gasteiger partial charge in [0.15, 0.2) is 0 Å². The summed E-state index contributed by atoms with van der Waals surface area (Å²) in [5, 5.41) is 6.20. The third kappa shape index (κ3) is 4.95. The van der Waals surface area contributed by atoms with E-state index in [1.165, 1.54) is 12.1 Å². The molecule has 2 amide bonds. The number of pyridine rings is 1. The molecule has 1 saturated heterocycles. The third-order valence-corrected chi connectivity index (χ3v) is 4.84. The van der Waals surface area contributed by atoms with Crippen LogP contribution in [0.25, 0.3) is 0 Å². The monoisotopic (exact) mass is 418 g/mol. The lowest BCUT2D eigenvalue weighted by molar-refractivity contribution is -0.137. The van der Waals surface area contributed by atoms with Crippen LogP contribution in [-0.4, -0.2) is 30.1 Å². The molecule has 0 bridgehead atoms. The highest BCUT2D eigenvalue weighted by molar-refractivity contribution is 6.42. The Balaban J connectivity index is 1.54. The van der Waals surface area contributed by atoms with E-state index in [9.17, 15) is 18.0 Å². The minimum atomic E-state index is -4.41. The van der Waals surface area contributed by atoms with Crippen molar-refractivity contribution in [2.45, 2.75) is 18.6 Å². The van der Waals surface area contributed by atoms with E-state index in [2.05, 4.69) is 15.6 Å². The number of carbonyl (C=O) groups excluding carboxylic acids is 1. The van der Waals surface area contributed by atoms with E-state index in [1.54, 1.807) is 12.1 Å². The Labute approximate surface area is 163 Å². The van der Waals surface area contributed by atoms with Crippen LogP contribution in [0.1, 0.15) is 12.0 Å². The number of halogens is 5. The van der Waals surface area contributed by atoms with E-state index < -0.39 is 17.8 Å². The Bertz CT molecular complexity index is 830. The van der Waals surface area contributed by atoms with Crippen molar-refractivity contribution >= 4 is 40.7 Å². The second kappa shape index (κ2) is 7.82. The number of amides is 2. The quantitative estimate of drug-likeness (QED) is 0.751. The van der Waals surface area contributed by atoms with Crippen molar-refractivity contribution in [2.75, 3.05) is 23.3 Å². The summed E-state index contributed by atoms with van der Waals surface area (Å²) in [4.78, 5) is 17.8. The molecule has 1 fully saturated rings. The van der Waals surface area contributed by atoms with Crippen molar-refractivity contribution in [3.63, 3.8) is 0 Å². The summed E-state index contributed by atoms with van der Waals surface area (Å²) in [5.74, 6) is 0.442. The minimum Gasteiger partial charge on any atom is -0.354 e. The Hall–Kier alpha value is -2.19. The lowest BCUT2D eigenvalue weighted by Gasteiger charge is -2.18. The lowest BCUT2D eigenvalue weighted by atomic mass is 10.2. The molecule has 3 rings (SSSR count). The third-order valence-electron chi connectivity index (χ3n) is 4.10. The van der Waals surface area contributed by atoms with Gasteiger partial charge in [-0.05, 0) is 36.8 Å². The summed E-state index contributed by atoms with van der Waals surface area (Å²) < 4.78 is 37.8. The molecule has 2 N–H and O–H groups in total. The fourth-order valence-corrected chi connectivity index (χ4v) is 3.05. The van der Waals surface area contributed by atoms with Gasteiger partial charge in [0.25, 0.3) is 0 Å². The molecular formula is C17H15Cl2F3N4O. The van der Waals surface area contributed by atoms with Crippen LogP contribution in [0.2, 0.25) is 10.0 Å². The molecule has 144 valence electrons. The van der Waals surface area contributed by atoms with Gasteiger partial charge in [-0.3, -0.25) is 0 Å². The molecule has 2 heterocycles. The molecule has 1 unspecified atom stereocenters. The number of anilines is 2. The van der Waals surface area contributed by atoms with E-state index in [4.69, 9.17) is 23.2 Å². The molecule has 1 atom stereocenters. The van der Waals surface area contributed by atoms with E-state index in [0.29, 0.717) is 41.1 Å². The van der Waals surface area contributed by atoms with E-state index in [0.717, 1.165) is 12.3 Å². The van der Waals surface area contributed by atoms with Gasteiger partial charge in [0.1, 0.15) is 5.82 Å². The van der Waals surface area contributed by atoms with Gasteiger partial charge in [-0.1, -0.05) is 23.2 Å². The molecule has 0 radical (unpaired) electrons. The first-order chi connectivity index (χ1) is 12.7. The van der Waals surface area contributed by atoms with Crippen LogP contribution >= 0.6 is 23.2 Å². The largest absolute Gasteiger partial charge is 0.417 e. The first-order valence-electron chi connectivity index (χ1n) is 8.03. The highest BCUT2D eigenvalue weighted by Gasteiger charge is 2.31. The fourth-order valence-electron chi connectivity index (χ4n) is 2.75. The zero-order valence-corrected chi connectivity index (χ0v) is 15.4. The molecular weight excluding hydrogens is 404 g/mol. The van der Waals surface area contributed by atoms with E-state index in [-0.39, 0.29) is 6.04 Å². The first-order valence-corrected chi connectivity index (χ1v) is 8.79. The number of hydrogen-bond acceptors (Lipinski definition) is 3. The van der Waals surface area contributed by atoms with Crippen LogP contribution in [0.3, 0.4) is 0 Å². The van der Waals surface area contributed by atoms with Crippen LogP contribution in [0.4, 0.5) is 29.5 Å². The molecule has 0 saturated carbocycles. The van der Waals surface area contributed by atoms with Crippen molar-refractivity contribution in [1.82, 2.24) is 10.3 Å². The number of urea groups is 1. The molecule has 0 spiro atoms. The number of carbonyl (C=O) groups is 1. The molecule has 0 aliphatic carbocycles. The smallest absolute Gasteiger partial charge is 0.354 e. The summed E-state index contributed by atoms with van der Waals surface area (Å²) in [7, 11) is 0. The molecule has 2 aromatic rings. The second-order valence-corrected chi connectivity index (χ2v) is 6.88. The van der Waals surface area contributed by atoms with E-state index in [1.807, 2.05) is 4.90 Å². The van der Waals surface area contributed by atoms with Gasteiger partial charge in [-0.2, -0.15) is 13.2 Å². The number of aromatic nitrogens is 1. The highest BCUT2D eigenvalue weighted by Crippen LogP contribution is 2.30. The Morgan fingerprint density at radius 2 is 1.96 bits per heavy atom. The maximum absolute atomic E-state index is 12.6. The summed E-state index contributed by atoms with van der Waals surface area (Å²) in [6.07, 6.45) is -2.95. The predicted octanol–water partition coefficient (Wildman–Crippen LogP) is 4.81. The summed E-state index contributed by atoms with van der Waals surface area (Å²) >= 11 is 11.7. The van der Waals surface area contributed by atoms with Crippen LogP contribution in [0.15, 0.2) is 36.5 Å². The number of benzene rings is 1. The van der Waals surface area contributed by atoms with Gasteiger partial charge in [-0.15, -0.1) is 0 Å². The topological polar surface area (TPSA) is 57.3 Å². The molecule has 1 aliphatic heterocycles. The van der Waals surface area contributed by atoms with Crippen molar-refractivity contribution in [3.05, 3.63) is 52.1 Å². The van der Waals surface area contributed by atoms with E-state index >= 15 is 0 Å². The number of rotatable bonds is 3. The van der Waals surface area contributed by atoms with Crippen LogP contribution in [0.5, 0.6) is 0 Å². The normalized spacial score (nSPS) is 17.1. The number of nitrogens with one attached hydrogen (secondary N) is 2. The van der Waals surface area contributed by atoms with Crippen LogP contribution in [-0.2, 0) is 6.18 Å². The average molecular weight is 419 g/mol. The van der Waals surface area contributed by atoms with Crippen molar-refractivity contribution in [1.29, 1.82) is 0 Å². The zero-order valence-electron chi connectivity index (χ0n) is 13.9. The van der Waals surface area contributed by atoms with Crippen LogP contribution < -0.4 is 15.5 Å². The molecule has 10 heteroatoms. The van der Waals surface area contributed by atoms with Gasteiger partial charge in [-0.25, -0.2) is 9.78 Å². The van der Waals surface area contributed by atoms with Gasteiger partial charge in [0.2, 0.25) is 0 Å². The van der Waals surface area contributed by atoms with Crippen molar-refractivity contribution < 1.29 is 18.0 Å². The molecule has 1 aromatic carbocycles. The number of hydrogen-bond donors (Lipinski definition) is 2. The molecule has 1 aliphatic rings. The molecule has 1 aromatic heterocycles. The first kappa shape index (κ1) is 19.6. The Morgan fingerprint density at radius 3 is 2.59 bits per heavy atom.